The van der Waals surface area contributed by atoms with Crippen molar-refractivity contribution in [3.63, 3.8) is 0 Å². The van der Waals surface area contributed by atoms with Gasteiger partial charge in [0.2, 0.25) is 5.89 Å². The van der Waals surface area contributed by atoms with E-state index in [2.05, 4.69) is 26.8 Å². The molecule has 0 bridgehead atoms. The van der Waals surface area contributed by atoms with Gasteiger partial charge in [-0.25, -0.2) is 4.98 Å². The van der Waals surface area contributed by atoms with Crippen molar-refractivity contribution < 1.29 is 4.42 Å². The van der Waals surface area contributed by atoms with Gasteiger partial charge in [-0.3, -0.25) is 4.99 Å². The minimum Gasteiger partial charge on any atom is -0.444 e. The Morgan fingerprint density at radius 2 is 2.17 bits per heavy atom. The first-order valence-electron chi connectivity index (χ1n) is 7.77. The summed E-state index contributed by atoms with van der Waals surface area (Å²) in [5.41, 5.74) is 1.83. The molecule has 1 aromatic carbocycles. The molecule has 0 aliphatic carbocycles. The second-order valence-electron chi connectivity index (χ2n) is 5.26. The molecule has 1 heterocycles. The second-order valence-corrected chi connectivity index (χ2v) is 5.26. The van der Waals surface area contributed by atoms with Gasteiger partial charge in [-0.15, -0.1) is 6.58 Å². The Morgan fingerprint density at radius 1 is 1.39 bits per heavy atom. The first kappa shape index (κ1) is 16.8. The molecule has 0 spiro atoms. The van der Waals surface area contributed by atoms with E-state index in [0.717, 1.165) is 36.6 Å². The van der Waals surface area contributed by atoms with Gasteiger partial charge < -0.3 is 14.6 Å². The van der Waals surface area contributed by atoms with Crippen LogP contribution in [0.2, 0.25) is 0 Å². The predicted molar refractivity (Wildman–Crippen MR) is 94.2 cm³/mol. The fourth-order valence-corrected chi connectivity index (χ4v) is 2.23. The SMILES string of the molecule is C=CCCCN(C)C(=NC)NCc1coc(-c2ccccc2)n1. The number of oxazole rings is 1. The van der Waals surface area contributed by atoms with E-state index < -0.39 is 0 Å². The summed E-state index contributed by atoms with van der Waals surface area (Å²) in [6.07, 6.45) is 5.68. The molecular formula is C18H24N4O. The predicted octanol–water partition coefficient (Wildman–Crippen LogP) is 3.32. The van der Waals surface area contributed by atoms with Crippen molar-refractivity contribution >= 4 is 5.96 Å². The number of aromatic nitrogens is 1. The summed E-state index contributed by atoms with van der Waals surface area (Å²) in [6, 6.07) is 9.88. The molecule has 0 saturated heterocycles. The van der Waals surface area contributed by atoms with E-state index >= 15 is 0 Å². The van der Waals surface area contributed by atoms with Crippen LogP contribution in [0.25, 0.3) is 11.5 Å². The van der Waals surface area contributed by atoms with Gasteiger partial charge in [-0.05, 0) is 25.0 Å². The maximum absolute atomic E-state index is 5.54. The van der Waals surface area contributed by atoms with E-state index in [1.54, 1.807) is 13.3 Å². The molecule has 0 amide bonds. The first-order valence-corrected chi connectivity index (χ1v) is 7.77. The Kier molecular flexibility index (Phi) is 6.41. The number of hydrogen-bond donors (Lipinski definition) is 1. The lowest BCUT2D eigenvalue weighted by Crippen LogP contribution is -2.39. The molecule has 2 aromatic rings. The smallest absolute Gasteiger partial charge is 0.226 e. The molecular weight excluding hydrogens is 288 g/mol. The molecule has 0 fully saturated rings. The number of nitrogens with zero attached hydrogens (tertiary/aromatic N) is 3. The largest absolute Gasteiger partial charge is 0.444 e. The minimum atomic E-state index is 0.578. The van der Waals surface area contributed by atoms with E-state index in [-0.39, 0.29) is 0 Å². The molecule has 0 radical (unpaired) electrons. The third-order valence-corrected chi connectivity index (χ3v) is 3.48. The highest BCUT2D eigenvalue weighted by molar-refractivity contribution is 5.79. The maximum atomic E-state index is 5.54. The van der Waals surface area contributed by atoms with Crippen molar-refractivity contribution in [3.8, 4) is 11.5 Å². The average Bonchev–Trinajstić information content (AvgIpc) is 3.05. The van der Waals surface area contributed by atoms with E-state index in [4.69, 9.17) is 4.42 Å². The first-order chi connectivity index (χ1) is 11.2. The lowest BCUT2D eigenvalue weighted by Gasteiger charge is -2.21. The number of unbranched alkanes of at least 4 members (excludes halogenated alkanes) is 1. The summed E-state index contributed by atoms with van der Waals surface area (Å²) in [4.78, 5) is 10.9. The van der Waals surface area contributed by atoms with Crippen LogP contribution < -0.4 is 5.32 Å². The van der Waals surface area contributed by atoms with Crippen LogP contribution in [-0.4, -0.2) is 36.5 Å². The second kappa shape index (κ2) is 8.78. The minimum absolute atomic E-state index is 0.578. The van der Waals surface area contributed by atoms with Gasteiger partial charge in [0.15, 0.2) is 5.96 Å². The van der Waals surface area contributed by atoms with E-state index in [9.17, 15) is 0 Å². The average molecular weight is 312 g/mol. The zero-order chi connectivity index (χ0) is 16.5. The third-order valence-electron chi connectivity index (χ3n) is 3.48. The van der Waals surface area contributed by atoms with Crippen molar-refractivity contribution in [1.82, 2.24) is 15.2 Å². The zero-order valence-corrected chi connectivity index (χ0v) is 13.8. The lowest BCUT2D eigenvalue weighted by molar-refractivity contribution is 0.469. The van der Waals surface area contributed by atoms with Crippen molar-refractivity contribution in [2.75, 3.05) is 20.6 Å². The highest BCUT2D eigenvalue weighted by Crippen LogP contribution is 2.17. The molecule has 0 aliphatic rings. The Morgan fingerprint density at radius 3 is 2.87 bits per heavy atom. The summed E-state index contributed by atoms with van der Waals surface area (Å²) in [5.74, 6) is 1.48. The van der Waals surface area contributed by atoms with Crippen LogP contribution in [0.1, 0.15) is 18.5 Å². The fourth-order valence-electron chi connectivity index (χ4n) is 2.23. The number of rotatable bonds is 7. The summed E-state index contributed by atoms with van der Waals surface area (Å²) >= 11 is 0. The number of allylic oxidation sites excluding steroid dienone is 1. The van der Waals surface area contributed by atoms with Crippen LogP contribution in [-0.2, 0) is 6.54 Å². The number of guanidine groups is 1. The quantitative estimate of drug-likeness (QED) is 0.369. The van der Waals surface area contributed by atoms with Crippen molar-refractivity contribution in [2.24, 2.45) is 4.99 Å². The van der Waals surface area contributed by atoms with Crippen molar-refractivity contribution in [2.45, 2.75) is 19.4 Å². The fraction of sp³-hybridized carbons (Fsp3) is 0.333. The molecule has 1 N–H and O–H groups in total. The summed E-state index contributed by atoms with van der Waals surface area (Å²) in [7, 11) is 3.81. The Bertz CT molecular complexity index is 633. The highest BCUT2D eigenvalue weighted by Gasteiger charge is 2.09. The molecule has 23 heavy (non-hydrogen) atoms. The molecule has 0 atom stereocenters. The third kappa shape index (κ3) is 4.98. The Labute approximate surface area is 137 Å². The van der Waals surface area contributed by atoms with Crippen LogP contribution in [0.15, 0.2) is 58.7 Å². The van der Waals surface area contributed by atoms with Gasteiger partial charge in [-0.1, -0.05) is 24.3 Å². The van der Waals surface area contributed by atoms with Gasteiger partial charge >= 0.3 is 0 Å². The van der Waals surface area contributed by atoms with Gasteiger partial charge in [-0.2, -0.15) is 0 Å². The number of aliphatic imine (C=N–C) groups is 1. The number of hydrogen-bond acceptors (Lipinski definition) is 3. The topological polar surface area (TPSA) is 53.7 Å². The van der Waals surface area contributed by atoms with E-state index in [1.165, 1.54) is 0 Å². The zero-order valence-electron chi connectivity index (χ0n) is 13.8. The van der Waals surface area contributed by atoms with E-state index in [1.807, 2.05) is 43.5 Å². The summed E-state index contributed by atoms with van der Waals surface area (Å²) < 4.78 is 5.54. The van der Waals surface area contributed by atoms with Crippen LogP contribution >= 0.6 is 0 Å². The van der Waals surface area contributed by atoms with Gasteiger partial charge in [0.05, 0.1) is 12.2 Å². The Hall–Kier alpha value is -2.56. The molecule has 0 unspecified atom stereocenters. The number of nitrogens with one attached hydrogen (secondary N) is 1. The molecule has 5 heteroatoms. The standard InChI is InChI=1S/C18H24N4O/c1-4-5-9-12-22(3)18(19-2)20-13-16-14-23-17(21-16)15-10-7-6-8-11-15/h4,6-8,10-11,14H,1,5,9,12-13H2,2-3H3,(H,19,20). The molecule has 0 aliphatic heterocycles. The van der Waals surface area contributed by atoms with Gasteiger partial charge in [0.25, 0.3) is 0 Å². The molecule has 5 nitrogen and oxygen atoms in total. The highest BCUT2D eigenvalue weighted by atomic mass is 16.3. The molecule has 122 valence electrons. The van der Waals surface area contributed by atoms with Crippen molar-refractivity contribution in [3.05, 3.63) is 54.9 Å². The van der Waals surface area contributed by atoms with Crippen LogP contribution in [0, 0.1) is 0 Å². The van der Waals surface area contributed by atoms with Crippen molar-refractivity contribution in [1.29, 1.82) is 0 Å². The monoisotopic (exact) mass is 312 g/mol. The molecule has 2 rings (SSSR count). The molecule has 1 aromatic heterocycles. The van der Waals surface area contributed by atoms with Crippen LogP contribution in [0.4, 0.5) is 0 Å². The summed E-state index contributed by atoms with van der Waals surface area (Å²) in [5, 5.41) is 3.30. The lowest BCUT2D eigenvalue weighted by atomic mass is 10.2. The van der Waals surface area contributed by atoms with Crippen LogP contribution in [0.5, 0.6) is 0 Å². The van der Waals surface area contributed by atoms with Gasteiger partial charge in [0, 0.05) is 26.2 Å². The van der Waals surface area contributed by atoms with E-state index in [0.29, 0.717) is 12.4 Å². The summed E-state index contributed by atoms with van der Waals surface area (Å²) in [6.45, 7) is 5.25. The Balaban J connectivity index is 1.90. The van der Waals surface area contributed by atoms with Gasteiger partial charge in [0.1, 0.15) is 6.26 Å². The maximum Gasteiger partial charge on any atom is 0.226 e. The van der Waals surface area contributed by atoms with Crippen LogP contribution in [0.3, 0.4) is 0 Å². The normalized spacial score (nSPS) is 11.3. The number of benzene rings is 1. The molecule has 0 saturated carbocycles.